The number of anilines is 1. The lowest BCUT2D eigenvalue weighted by atomic mass is 10.1. The van der Waals surface area contributed by atoms with Crippen LogP contribution in [0.4, 0.5) is 5.69 Å². The van der Waals surface area contributed by atoms with E-state index in [2.05, 4.69) is 10.3 Å². The molecule has 0 aromatic heterocycles. The van der Waals surface area contributed by atoms with E-state index in [1.807, 2.05) is 6.92 Å². The lowest BCUT2D eigenvalue weighted by molar-refractivity contribution is -0.132. The van der Waals surface area contributed by atoms with Gasteiger partial charge in [0.25, 0.3) is 0 Å². The molecule has 0 unspecified atom stereocenters. The van der Waals surface area contributed by atoms with Crippen molar-refractivity contribution < 1.29 is 28.6 Å². The quantitative estimate of drug-likeness (QED) is 0.447. The highest BCUT2D eigenvalue weighted by molar-refractivity contribution is 6.13. The molecule has 0 saturated heterocycles. The molecule has 1 heterocycles. The van der Waals surface area contributed by atoms with Gasteiger partial charge in [-0.3, -0.25) is 9.59 Å². The molecule has 0 aliphatic carbocycles. The van der Waals surface area contributed by atoms with E-state index < -0.39 is 11.9 Å². The summed E-state index contributed by atoms with van der Waals surface area (Å²) in [5, 5.41) is 2.66. The van der Waals surface area contributed by atoms with E-state index in [0.29, 0.717) is 34.9 Å². The van der Waals surface area contributed by atoms with Crippen LogP contribution in [-0.2, 0) is 19.1 Å². The summed E-state index contributed by atoms with van der Waals surface area (Å²) in [7, 11) is 0. The normalized spacial score (nSPS) is 14.2. The van der Waals surface area contributed by atoms with Crippen LogP contribution >= 0.6 is 0 Å². The Morgan fingerprint density at radius 3 is 2.47 bits per heavy atom. The summed E-state index contributed by atoms with van der Waals surface area (Å²) in [5.41, 5.74) is 1.98. The number of cyclic esters (lactones) is 1. The van der Waals surface area contributed by atoms with Crippen LogP contribution < -0.4 is 14.8 Å². The van der Waals surface area contributed by atoms with Gasteiger partial charge in [0.2, 0.25) is 11.8 Å². The van der Waals surface area contributed by atoms with E-state index in [1.54, 1.807) is 48.5 Å². The van der Waals surface area contributed by atoms with E-state index in [4.69, 9.17) is 14.2 Å². The summed E-state index contributed by atoms with van der Waals surface area (Å²) in [6, 6.07) is 11.7. The Kier molecular flexibility index (Phi) is 6.26. The third-order valence-corrected chi connectivity index (χ3v) is 3.90. The van der Waals surface area contributed by atoms with Crippen molar-refractivity contribution in [3.63, 3.8) is 0 Å². The average molecular weight is 408 g/mol. The number of nitrogens with zero attached hydrogens (tertiary/aromatic N) is 1. The molecule has 1 N–H and O–H groups in total. The monoisotopic (exact) mass is 408 g/mol. The maximum Gasteiger partial charge on any atom is 0.363 e. The second-order valence-corrected chi connectivity index (χ2v) is 6.33. The summed E-state index contributed by atoms with van der Waals surface area (Å²) in [5.74, 6) is -0.376. The number of hydrogen-bond acceptors (Lipinski definition) is 7. The smallest absolute Gasteiger partial charge is 0.363 e. The summed E-state index contributed by atoms with van der Waals surface area (Å²) < 4.78 is 15.9. The zero-order valence-corrected chi connectivity index (χ0v) is 16.7. The van der Waals surface area contributed by atoms with Crippen LogP contribution in [0.25, 0.3) is 6.08 Å². The SMILES string of the molecule is CCOc1cc(/C=C2/N=C(c3ccc(NC(C)=O)cc3)OC2=O)ccc1OC(C)=O. The first-order chi connectivity index (χ1) is 14.4. The van der Waals surface area contributed by atoms with Gasteiger partial charge in [-0.25, -0.2) is 9.79 Å². The first-order valence-electron chi connectivity index (χ1n) is 9.21. The summed E-state index contributed by atoms with van der Waals surface area (Å²) in [6.07, 6.45) is 1.56. The minimum Gasteiger partial charge on any atom is -0.490 e. The molecule has 2 aromatic rings. The molecule has 0 spiro atoms. The predicted molar refractivity (Wildman–Crippen MR) is 110 cm³/mol. The van der Waals surface area contributed by atoms with Crippen LogP contribution in [0.5, 0.6) is 11.5 Å². The molecule has 0 bridgehead atoms. The van der Waals surface area contributed by atoms with E-state index in [9.17, 15) is 14.4 Å². The van der Waals surface area contributed by atoms with Gasteiger partial charge in [0.05, 0.1) is 6.61 Å². The number of ether oxygens (including phenoxy) is 3. The molecule has 0 saturated carbocycles. The number of rotatable bonds is 6. The molecule has 30 heavy (non-hydrogen) atoms. The van der Waals surface area contributed by atoms with Gasteiger partial charge in [0.15, 0.2) is 17.2 Å². The minimum atomic E-state index is -0.585. The van der Waals surface area contributed by atoms with E-state index in [1.165, 1.54) is 13.8 Å². The summed E-state index contributed by atoms with van der Waals surface area (Å²) >= 11 is 0. The number of carbonyl (C=O) groups is 3. The molecule has 3 rings (SSSR count). The zero-order chi connectivity index (χ0) is 21.7. The molecular weight excluding hydrogens is 388 g/mol. The van der Waals surface area contributed by atoms with E-state index in [0.717, 1.165) is 0 Å². The molecule has 8 nitrogen and oxygen atoms in total. The Labute approximate surface area is 173 Å². The van der Waals surface area contributed by atoms with Crippen molar-refractivity contribution in [1.82, 2.24) is 0 Å². The van der Waals surface area contributed by atoms with Gasteiger partial charge in [0, 0.05) is 25.1 Å². The van der Waals surface area contributed by atoms with Gasteiger partial charge in [0.1, 0.15) is 0 Å². The van der Waals surface area contributed by atoms with Gasteiger partial charge >= 0.3 is 11.9 Å². The van der Waals surface area contributed by atoms with Crippen LogP contribution in [0, 0.1) is 0 Å². The Bertz CT molecular complexity index is 1050. The fraction of sp³-hybridized carbons (Fsp3) is 0.182. The Hall–Kier alpha value is -3.94. The lowest BCUT2D eigenvalue weighted by Crippen LogP contribution is -2.07. The average Bonchev–Trinajstić information content (AvgIpc) is 3.04. The largest absolute Gasteiger partial charge is 0.490 e. The molecule has 154 valence electrons. The van der Waals surface area contributed by atoms with Crippen LogP contribution in [0.1, 0.15) is 31.9 Å². The molecule has 0 fully saturated rings. The van der Waals surface area contributed by atoms with E-state index in [-0.39, 0.29) is 17.5 Å². The molecule has 1 aliphatic rings. The second kappa shape index (κ2) is 9.04. The molecule has 1 amide bonds. The van der Waals surface area contributed by atoms with Crippen molar-refractivity contribution in [2.24, 2.45) is 4.99 Å². The third-order valence-electron chi connectivity index (χ3n) is 3.90. The number of benzene rings is 2. The standard InChI is InChI=1S/C22H20N2O6/c1-4-28-20-12-15(5-10-19(20)29-14(3)26)11-18-22(27)30-21(24-18)16-6-8-17(9-7-16)23-13(2)25/h5-12H,4H2,1-3H3,(H,23,25)/b18-11+. The molecule has 0 atom stereocenters. The number of amides is 1. The van der Waals surface area contributed by atoms with E-state index >= 15 is 0 Å². The topological polar surface area (TPSA) is 103 Å². The zero-order valence-electron chi connectivity index (χ0n) is 16.7. The number of nitrogens with one attached hydrogen (secondary N) is 1. The maximum atomic E-state index is 12.2. The second-order valence-electron chi connectivity index (χ2n) is 6.33. The number of aliphatic imine (C=N–C) groups is 1. The number of carbonyl (C=O) groups excluding carboxylic acids is 3. The van der Waals surface area contributed by atoms with Gasteiger partial charge in [-0.1, -0.05) is 6.07 Å². The van der Waals surface area contributed by atoms with Crippen LogP contribution in [0.15, 0.2) is 53.2 Å². The highest BCUT2D eigenvalue weighted by Gasteiger charge is 2.24. The Balaban J connectivity index is 1.85. The van der Waals surface area contributed by atoms with Gasteiger partial charge < -0.3 is 19.5 Å². The fourth-order valence-corrected chi connectivity index (χ4v) is 2.71. The van der Waals surface area contributed by atoms with Crippen molar-refractivity contribution in [3.05, 3.63) is 59.3 Å². The number of hydrogen-bond donors (Lipinski definition) is 1. The van der Waals surface area contributed by atoms with Gasteiger partial charge in [-0.05, 0) is 55.0 Å². The van der Waals surface area contributed by atoms with Gasteiger partial charge in [-0.2, -0.15) is 0 Å². The molecule has 0 radical (unpaired) electrons. The minimum absolute atomic E-state index is 0.124. The fourth-order valence-electron chi connectivity index (χ4n) is 2.71. The Morgan fingerprint density at radius 2 is 1.83 bits per heavy atom. The molecule has 8 heteroatoms. The summed E-state index contributed by atoms with van der Waals surface area (Å²) in [4.78, 5) is 38.8. The van der Waals surface area contributed by atoms with Crippen LogP contribution in [-0.4, -0.2) is 30.4 Å². The summed E-state index contributed by atoms with van der Waals surface area (Å²) in [6.45, 7) is 4.92. The predicted octanol–water partition coefficient (Wildman–Crippen LogP) is 3.31. The van der Waals surface area contributed by atoms with Crippen molar-refractivity contribution in [3.8, 4) is 11.5 Å². The highest BCUT2D eigenvalue weighted by atomic mass is 16.6. The van der Waals surface area contributed by atoms with Crippen molar-refractivity contribution in [2.75, 3.05) is 11.9 Å². The van der Waals surface area contributed by atoms with Crippen molar-refractivity contribution in [2.45, 2.75) is 20.8 Å². The highest BCUT2D eigenvalue weighted by Crippen LogP contribution is 2.30. The molecule has 2 aromatic carbocycles. The van der Waals surface area contributed by atoms with Crippen molar-refractivity contribution in [1.29, 1.82) is 0 Å². The van der Waals surface area contributed by atoms with Crippen LogP contribution in [0.2, 0.25) is 0 Å². The van der Waals surface area contributed by atoms with Crippen LogP contribution in [0.3, 0.4) is 0 Å². The first-order valence-corrected chi connectivity index (χ1v) is 9.21. The number of esters is 2. The lowest BCUT2D eigenvalue weighted by Gasteiger charge is -2.10. The first kappa shape index (κ1) is 20.8. The Morgan fingerprint density at radius 1 is 1.10 bits per heavy atom. The molecule has 1 aliphatic heterocycles. The maximum absolute atomic E-state index is 12.2. The third kappa shape index (κ3) is 5.11. The molecular formula is C22H20N2O6. The van der Waals surface area contributed by atoms with Gasteiger partial charge in [-0.15, -0.1) is 0 Å². The van der Waals surface area contributed by atoms with Crippen molar-refractivity contribution >= 4 is 35.5 Å².